The number of benzene rings is 2. The Morgan fingerprint density at radius 1 is 1.14 bits per heavy atom. The van der Waals surface area contributed by atoms with E-state index in [2.05, 4.69) is 10.3 Å². The lowest BCUT2D eigenvalue weighted by Crippen LogP contribution is -2.56. The Morgan fingerprint density at radius 3 is 2.57 bits per heavy atom. The lowest BCUT2D eigenvalue weighted by atomic mass is 9.87. The van der Waals surface area contributed by atoms with Crippen LogP contribution in [0.25, 0.3) is 0 Å². The highest BCUT2D eigenvalue weighted by molar-refractivity contribution is 6.31. The summed E-state index contributed by atoms with van der Waals surface area (Å²) >= 11 is 6.43. The molecular formula is C29H22ClF4N5O3. The van der Waals surface area contributed by atoms with Crippen LogP contribution in [-0.2, 0) is 14.4 Å². The summed E-state index contributed by atoms with van der Waals surface area (Å²) < 4.78 is 57.1. The van der Waals surface area contributed by atoms with Crippen LogP contribution in [0.1, 0.15) is 42.9 Å². The summed E-state index contributed by atoms with van der Waals surface area (Å²) in [6, 6.07) is 9.52. The molecule has 1 saturated heterocycles. The largest absolute Gasteiger partial charge is 0.351 e. The van der Waals surface area contributed by atoms with Gasteiger partial charge in [0.05, 0.1) is 17.3 Å². The van der Waals surface area contributed by atoms with E-state index in [9.17, 15) is 32.8 Å². The van der Waals surface area contributed by atoms with E-state index in [0.717, 1.165) is 23.1 Å². The SMILES string of the molecule is N#Cc1ccnc(N2C(=O)CC[C@H]2C(=O)N(c2cccc(F)c2F)[C@H](C(=O)NC2CC(F)(F)C2)c2ccccc2Cl)c1. The zero-order chi connectivity index (χ0) is 30.2. The van der Waals surface area contributed by atoms with Gasteiger partial charge < -0.3 is 5.32 Å². The third-order valence-electron chi connectivity index (χ3n) is 7.19. The minimum Gasteiger partial charge on any atom is -0.351 e. The zero-order valence-electron chi connectivity index (χ0n) is 21.7. The predicted octanol–water partition coefficient (Wildman–Crippen LogP) is 5.07. The van der Waals surface area contributed by atoms with Crippen LogP contribution in [-0.4, -0.2) is 40.7 Å². The molecule has 2 aliphatic rings. The predicted molar refractivity (Wildman–Crippen MR) is 144 cm³/mol. The molecule has 2 heterocycles. The van der Waals surface area contributed by atoms with Crippen LogP contribution in [0.5, 0.6) is 0 Å². The third-order valence-corrected chi connectivity index (χ3v) is 7.53. The van der Waals surface area contributed by atoms with Crippen molar-refractivity contribution in [3.05, 3.63) is 88.6 Å². The second-order valence-electron chi connectivity index (χ2n) is 10.0. The molecule has 0 unspecified atom stereocenters. The normalized spacial score (nSPS) is 18.6. The van der Waals surface area contributed by atoms with Gasteiger partial charge in [0.2, 0.25) is 11.8 Å². The Labute approximate surface area is 242 Å². The summed E-state index contributed by atoms with van der Waals surface area (Å²) in [5.41, 5.74) is -0.457. The van der Waals surface area contributed by atoms with Gasteiger partial charge in [0.25, 0.3) is 11.8 Å². The Balaban J connectivity index is 1.64. The smallest absolute Gasteiger partial charge is 0.252 e. The number of hydrogen-bond donors (Lipinski definition) is 1. The quantitative estimate of drug-likeness (QED) is 0.382. The number of pyridine rings is 1. The van der Waals surface area contributed by atoms with Crippen molar-refractivity contribution in [2.24, 2.45) is 0 Å². The average Bonchev–Trinajstić information content (AvgIpc) is 3.34. The molecule has 1 aromatic heterocycles. The number of rotatable bonds is 7. The summed E-state index contributed by atoms with van der Waals surface area (Å²) in [6.07, 6.45) is -0.187. The van der Waals surface area contributed by atoms with Crippen molar-refractivity contribution in [1.29, 1.82) is 5.26 Å². The van der Waals surface area contributed by atoms with Crippen LogP contribution in [0.3, 0.4) is 0 Å². The van der Waals surface area contributed by atoms with Gasteiger partial charge >= 0.3 is 0 Å². The molecule has 0 bridgehead atoms. The first-order valence-corrected chi connectivity index (χ1v) is 13.3. The van der Waals surface area contributed by atoms with Crippen LogP contribution in [0.4, 0.5) is 29.1 Å². The van der Waals surface area contributed by atoms with Crippen molar-refractivity contribution >= 4 is 40.8 Å². The number of hydrogen-bond acceptors (Lipinski definition) is 5. The van der Waals surface area contributed by atoms with Crippen molar-refractivity contribution in [3.63, 3.8) is 0 Å². The maximum Gasteiger partial charge on any atom is 0.252 e. The average molecular weight is 600 g/mol. The minimum absolute atomic E-state index is 0.00561. The van der Waals surface area contributed by atoms with Gasteiger partial charge in [-0.2, -0.15) is 5.26 Å². The summed E-state index contributed by atoms with van der Waals surface area (Å²) in [4.78, 5) is 47.0. The second-order valence-corrected chi connectivity index (χ2v) is 10.4. The van der Waals surface area contributed by atoms with Gasteiger partial charge in [0.1, 0.15) is 17.9 Å². The van der Waals surface area contributed by atoms with Crippen LogP contribution in [0.2, 0.25) is 5.02 Å². The number of nitrogens with one attached hydrogen (secondary N) is 1. The van der Waals surface area contributed by atoms with Crippen LogP contribution < -0.4 is 15.1 Å². The first-order chi connectivity index (χ1) is 20.0. The first-order valence-electron chi connectivity index (χ1n) is 12.9. The molecule has 0 spiro atoms. The van der Waals surface area contributed by atoms with E-state index >= 15 is 4.39 Å². The number of alkyl halides is 2. The van der Waals surface area contributed by atoms with Crippen LogP contribution in [0, 0.1) is 23.0 Å². The molecule has 1 N–H and O–H groups in total. The highest BCUT2D eigenvalue weighted by Gasteiger charge is 2.49. The molecule has 5 rings (SSSR count). The molecule has 2 fully saturated rings. The first kappa shape index (κ1) is 29.0. The van der Waals surface area contributed by atoms with E-state index in [1.807, 2.05) is 6.07 Å². The summed E-state index contributed by atoms with van der Waals surface area (Å²) in [7, 11) is 0. The monoisotopic (exact) mass is 599 g/mol. The molecule has 1 saturated carbocycles. The molecule has 1 aliphatic carbocycles. The number of nitrogens with zero attached hydrogens (tertiary/aromatic N) is 4. The van der Waals surface area contributed by atoms with E-state index in [1.54, 1.807) is 6.07 Å². The standard InChI is InChI=1S/C29H22ClF4N5O3/c30-19-5-2-1-4-18(19)26(27(41)37-17-13-29(33,34)14-17)39(21-7-3-6-20(31)25(21)32)28(42)22-8-9-24(40)38(22)23-12-16(15-35)10-11-36-23/h1-7,10-12,17,22,26H,8-9,13-14H2,(H,37,41)/t22-,26-/m0/s1. The molecule has 2 aromatic carbocycles. The number of nitriles is 1. The number of halogens is 5. The van der Waals surface area contributed by atoms with Crippen LogP contribution >= 0.6 is 11.6 Å². The fourth-order valence-corrected chi connectivity index (χ4v) is 5.43. The van der Waals surface area contributed by atoms with Crippen molar-refractivity contribution in [2.45, 2.75) is 49.7 Å². The van der Waals surface area contributed by atoms with E-state index in [0.29, 0.717) is 4.90 Å². The fraction of sp³-hybridized carbons (Fsp3) is 0.276. The Hall–Kier alpha value is -4.50. The van der Waals surface area contributed by atoms with Gasteiger partial charge in [-0.3, -0.25) is 24.2 Å². The molecule has 1 aliphatic heterocycles. The molecule has 13 heteroatoms. The van der Waals surface area contributed by atoms with Gasteiger partial charge in [-0.1, -0.05) is 35.9 Å². The third kappa shape index (κ3) is 5.52. The summed E-state index contributed by atoms with van der Waals surface area (Å²) in [5, 5.41) is 11.8. The highest BCUT2D eigenvalue weighted by Crippen LogP contribution is 2.40. The fourth-order valence-electron chi connectivity index (χ4n) is 5.19. The zero-order valence-corrected chi connectivity index (χ0v) is 22.5. The van der Waals surface area contributed by atoms with Gasteiger partial charge in [0, 0.05) is 42.1 Å². The van der Waals surface area contributed by atoms with Crippen molar-refractivity contribution in [2.75, 3.05) is 9.80 Å². The molecule has 3 aromatic rings. The van der Waals surface area contributed by atoms with E-state index in [-0.39, 0.29) is 34.8 Å². The second kappa shape index (κ2) is 11.4. The lowest BCUT2D eigenvalue weighted by Gasteiger charge is -2.39. The summed E-state index contributed by atoms with van der Waals surface area (Å²) in [5.74, 6) is -8.22. The number of anilines is 2. The van der Waals surface area contributed by atoms with Crippen molar-refractivity contribution in [1.82, 2.24) is 10.3 Å². The maximum atomic E-state index is 15.4. The van der Waals surface area contributed by atoms with E-state index in [4.69, 9.17) is 11.6 Å². The Kier molecular flexibility index (Phi) is 7.88. The minimum atomic E-state index is -2.97. The number of carbonyl (C=O) groups excluding carboxylic acids is 3. The summed E-state index contributed by atoms with van der Waals surface area (Å²) in [6.45, 7) is 0. The van der Waals surface area contributed by atoms with Crippen molar-refractivity contribution in [3.8, 4) is 6.07 Å². The van der Waals surface area contributed by atoms with Crippen molar-refractivity contribution < 1.29 is 31.9 Å². The molecule has 0 radical (unpaired) electrons. The molecule has 2 atom stereocenters. The Bertz CT molecular complexity index is 1610. The van der Waals surface area contributed by atoms with E-state index < -0.39 is 71.9 Å². The van der Waals surface area contributed by atoms with Gasteiger partial charge in [-0.15, -0.1) is 0 Å². The molecule has 8 nitrogen and oxygen atoms in total. The number of aromatic nitrogens is 1. The van der Waals surface area contributed by atoms with E-state index in [1.165, 1.54) is 36.5 Å². The number of amides is 3. The Morgan fingerprint density at radius 2 is 1.88 bits per heavy atom. The molecule has 216 valence electrons. The molecule has 42 heavy (non-hydrogen) atoms. The number of carbonyl (C=O) groups is 3. The molecule has 3 amide bonds. The highest BCUT2D eigenvalue weighted by atomic mass is 35.5. The maximum absolute atomic E-state index is 15.4. The molecular weight excluding hydrogens is 578 g/mol. The lowest BCUT2D eigenvalue weighted by molar-refractivity contribution is -0.133. The van der Waals surface area contributed by atoms with Gasteiger partial charge in [0.15, 0.2) is 11.6 Å². The van der Waals surface area contributed by atoms with Gasteiger partial charge in [-0.05, 0) is 36.8 Å². The van der Waals surface area contributed by atoms with Gasteiger partial charge in [-0.25, -0.2) is 22.5 Å². The van der Waals surface area contributed by atoms with Crippen LogP contribution in [0.15, 0.2) is 60.8 Å². The topological polar surface area (TPSA) is 106 Å².